The Labute approximate surface area is 137 Å². The van der Waals surface area contributed by atoms with Crippen LogP contribution in [0, 0.1) is 12.8 Å². The molecule has 0 atom stereocenters. The molecule has 8 heteroatoms. The number of carbonyl (C=O) groups excluding carboxylic acids is 1. The van der Waals surface area contributed by atoms with Gasteiger partial charge in [0, 0.05) is 18.8 Å². The third-order valence-electron chi connectivity index (χ3n) is 3.18. The summed E-state index contributed by atoms with van der Waals surface area (Å²) in [5, 5.41) is 10.4. The molecule has 23 heavy (non-hydrogen) atoms. The molecule has 2 N–H and O–H groups in total. The van der Waals surface area contributed by atoms with Gasteiger partial charge in [-0.15, -0.1) is 5.10 Å². The Morgan fingerprint density at radius 3 is 2.78 bits per heavy atom. The zero-order chi connectivity index (χ0) is 16.4. The molecule has 0 saturated heterocycles. The number of hydrogen-bond donors (Lipinski definition) is 2. The highest BCUT2D eigenvalue weighted by atomic mass is 32.1. The van der Waals surface area contributed by atoms with Gasteiger partial charge in [-0.05, 0) is 25.0 Å². The van der Waals surface area contributed by atoms with E-state index in [-0.39, 0.29) is 5.91 Å². The quantitative estimate of drug-likeness (QED) is 0.753. The molecule has 1 amide bonds. The summed E-state index contributed by atoms with van der Waals surface area (Å²) >= 11 is 1.34. The van der Waals surface area contributed by atoms with Crippen LogP contribution in [-0.4, -0.2) is 30.6 Å². The number of nitrogens with one attached hydrogen (secondary N) is 2. The summed E-state index contributed by atoms with van der Waals surface area (Å²) in [6, 6.07) is 3.83. The van der Waals surface area contributed by atoms with E-state index < -0.39 is 0 Å². The van der Waals surface area contributed by atoms with E-state index in [1.54, 1.807) is 0 Å². The Morgan fingerprint density at radius 1 is 1.35 bits per heavy atom. The lowest BCUT2D eigenvalue weighted by Gasteiger charge is -1.99. The molecule has 0 bridgehead atoms. The standard InChI is InChI=1S/C15H18N6OS/c1-9(2)8-11-17-14(20-19-11)18-13(22)12-10(3)16-15(23-12)21-6-4-5-7-21/h4-7,9H,8H2,1-3H3,(H2,17,18,19,20,22). The summed E-state index contributed by atoms with van der Waals surface area (Å²) in [5.74, 6) is 1.29. The molecule has 120 valence electrons. The third kappa shape index (κ3) is 3.48. The SMILES string of the molecule is Cc1nc(-n2cccc2)sc1C(=O)Nc1n[nH]c(CC(C)C)n1. The topological polar surface area (TPSA) is 88.5 Å². The second-order valence-corrected chi connectivity index (χ2v) is 6.64. The first-order chi connectivity index (χ1) is 11.0. The first kappa shape index (κ1) is 15.4. The van der Waals surface area contributed by atoms with E-state index in [9.17, 15) is 4.79 Å². The van der Waals surface area contributed by atoms with Gasteiger partial charge < -0.3 is 4.57 Å². The fourth-order valence-corrected chi connectivity index (χ4v) is 3.08. The lowest BCUT2D eigenvalue weighted by molar-refractivity contribution is 0.102. The van der Waals surface area contributed by atoms with Gasteiger partial charge in [-0.3, -0.25) is 15.2 Å². The van der Waals surface area contributed by atoms with Crippen LogP contribution in [-0.2, 0) is 6.42 Å². The average Bonchev–Trinajstić information content (AvgIpc) is 3.18. The molecular formula is C15H18N6OS. The van der Waals surface area contributed by atoms with E-state index in [1.165, 1.54) is 11.3 Å². The van der Waals surface area contributed by atoms with E-state index in [0.717, 1.165) is 17.4 Å². The van der Waals surface area contributed by atoms with Crippen molar-refractivity contribution in [3.05, 3.63) is 40.9 Å². The van der Waals surface area contributed by atoms with Crippen molar-refractivity contribution in [2.45, 2.75) is 27.2 Å². The largest absolute Gasteiger partial charge is 0.300 e. The highest BCUT2D eigenvalue weighted by Gasteiger charge is 2.17. The fraction of sp³-hybridized carbons (Fsp3) is 0.333. The van der Waals surface area contributed by atoms with Gasteiger partial charge in [-0.25, -0.2) is 4.98 Å². The number of amides is 1. The van der Waals surface area contributed by atoms with Crippen molar-refractivity contribution >= 4 is 23.2 Å². The Hall–Kier alpha value is -2.48. The second kappa shape index (κ2) is 6.33. The highest BCUT2D eigenvalue weighted by Crippen LogP contribution is 2.22. The fourth-order valence-electron chi connectivity index (χ4n) is 2.15. The molecule has 0 radical (unpaired) electrons. The van der Waals surface area contributed by atoms with Gasteiger partial charge >= 0.3 is 0 Å². The maximum absolute atomic E-state index is 12.4. The maximum Gasteiger partial charge on any atom is 0.270 e. The number of anilines is 1. The van der Waals surface area contributed by atoms with Crippen LogP contribution in [0.25, 0.3) is 5.13 Å². The number of aromatic amines is 1. The molecule has 3 heterocycles. The van der Waals surface area contributed by atoms with E-state index in [1.807, 2.05) is 36.0 Å². The molecule has 3 aromatic heterocycles. The van der Waals surface area contributed by atoms with E-state index in [0.29, 0.717) is 22.4 Å². The number of thiazole rings is 1. The molecule has 0 saturated carbocycles. The Morgan fingerprint density at radius 2 is 2.09 bits per heavy atom. The predicted molar refractivity (Wildman–Crippen MR) is 89.1 cm³/mol. The molecular weight excluding hydrogens is 312 g/mol. The molecule has 0 unspecified atom stereocenters. The number of carbonyl (C=O) groups is 1. The molecule has 0 aliphatic carbocycles. The van der Waals surface area contributed by atoms with Gasteiger partial charge in [0.1, 0.15) is 10.7 Å². The first-order valence-electron chi connectivity index (χ1n) is 7.36. The van der Waals surface area contributed by atoms with Crippen LogP contribution in [0.1, 0.15) is 35.0 Å². The Kier molecular flexibility index (Phi) is 4.24. The molecule has 0 fully saturated rings. The van der Waals surface area contributed by atoms with E-state index in [4.69, 9.17) is 0 Å². The van der Waals surface area contributed by atoms with Crippen LogP contribution >= 0.6 is 11.3 Å². The van der Waals surface area contributed by atoms with Gasteiger partial charge in [0.05, 0.1) is 5.69 Å². The number of H-pyrrole nitrogens is 1. The van der Waals surface area contributed by atoms with Crippen molar-refractivity contribution < 1.29 is 4.79 Å². The van der Waals surface area contributed by atoms with Crippen LogP contribution in [0.3, 0.4) is 0 Å². The minimum absolute atomic E-state index is 0.242. The molecule has 0 aliphatic rings. The average molecular weight is 330 g/mol. The molecule has 3 rings (SSSR count). The Bertz CT molecular complexity index is 802. The summed E-state index contributed by atoms with van der Waals surface area (Å²) in [4.78, 5) is 21.7. The molecule has 0 aromatic carbocycles. The van der Waals surface area contributed by atoms with Crippen molar-refractivity contribution in [2.24, 2.45) is 5.92 Å². The van der Waals surface area contributed by atoms with Crippen LogP contribution in [0.2, 0.25) is 0 Å². The summed E-state index contributed by atoms with van der Waals surface area (Å²) in [6.45, 7) is 6.02. The highest BCUT2D eigenvalue weighted by molar-refractivity contribution is 7.16. The Balaban J connectivity index is 1.74. The summed E-state index contributed by atoms with van der Waals surface area (Å²) < 4.78 is 1.88. The summed E-state index contributed by atoms with van der Waals surface area (Å²) in [5.41, 5.74) is 0.689. The van der Waals surface area contributed by atoms with Crippen molar-refractivity contribution in [1.82, 2.24) is 24.7 Å². The van der Waals surface area contributed by atoms with Gasteiger partial charge in [0.2, 0.25) is 5.95 Å². The number of hydrogen-bond acceptors (Lipinski definition) is 5. The summed E-state index contributed by atoms with van der Waals surface area (Å²) in [6.07, 6.45) is 4.58. The monoisotopic (exact) mass is 330 g/mol. The van der Waals surface area contributed by atoms with Crippen LogP contribution in [0.5, 0.6) is 0 Å². The zero-order valence-corrected chi connectivity index (χ0v) is 14.0. The number of nitrogens with zero attached hydrogens (tertiary/aromatic N) is 4. The molecule has 7 nitrogen and oxygen atoms in total. The van der Waals surface area contributed by atoms with E-state index in [2.05, 4.69) is 39.3 Å². The normalized spacial score (nSPS) is 11.1. The smallest absolute Gasteiger partial charge is 0.270 e. The van der Waals surface area contributed by atoms with Gasteiger partial charge in [-0.2, -0.15) is 4.98 Å². The number of aromatic nitrogens is 5. The maximum atomic E-state index is 12.4. The van der Waals surface area contributed by atoms with Gasteiger partial charge in [0.15, 0.2) is 5.13 Å². The minimum Gasteiger partial charge on any atom is -0.300 e. The minimum atomic E-state index is -0.242. The van der Waals surface area contributed by atoms with Crippen molar-refractivity contribution in [3.8, 4) is 5.13 Å². The van der Waals surface area contributed by atoms with Crippen molar-refractivity contribution in [2.75, 3.05) is 5.32 Å². The third-order valence-corrected chi connectivity index (χ3v) is 4.35. The van der Waals surface area contributed by atoms with Crippen molar-refractivity contribution in [1.29, 1.82) is 0 Å². The number of rotatable bonds is 5. The van der Waals surface area contributed by atoms with Crippen molar-refractivity contribution in [3.63, 3.8) is 0 Å². The van der Waals surface area contributed by atoms with Crippen LogP contribution < -0.4 is 5.32 Å². The lowest BCUT2D eigenvalue weighted by atomic mass is 10.1. The number of aryl methyl sites for hydroxylation is 1. The van der Waals surface area contributed by atoms with Crippen LogP contribution in [0.4, 0.5) is 5.95 Å². The van der Waals surface area contributed by atoms with Gasteiger partial charge in [-0.1, -0.05) is 25.2 Å². The lowest BCUT2D eigenvalue weighted by Crippen LogP contribution is -2.12. The second-order valence-electron chi connectivity index (χ2n) is 5.66. The summed E-state index contributed by atoms with van der Waals surface area (Å²) in [7, 11) is 0. The van der Waals surface area contributed by atoms with Gasteiger partial charge in [0.25, 0.3) is 5.91 Å². The zero-order valence-electron chi connectivity index (χ0n) is 13.2. The molecule has 0 spiro atoms. The predicted octanol–water partition coefficient (Wildman–Crippen LogP) is 2.81. The van der Waals surface area contributed by atoms with E-state index >= 15 is 0 Å². The first-order valence-corrected chi connectivity index (χ1v) is 8.18. The molecule has 3 aromatic rings. The molecule has 0 aliphatic heterocycles. The van der Waals surface area contributed by atoms with Crippen LogP contribution in [0.15, 0.2) is 24.5 Å².